The number of alkyl halides is 3. The standard InChI is InChI=1S/C22H20F3N5O3/c1-3-4-13-7-8-16(11-17(13)22(23,24)25)26-21(31)15-6-5-14-9-19(33-18(14)10-15)20-27-28-29-30(20)12-32-2/h5-11H,3-4,12H2,1-2H3,(H,26,31). The highest BCUT2D eigenvalue weighted by atomic mass is 19.4. The molecule has 0 radical (unpaired) electrons. The second-order valence-corrected chi connectivity index (χ2v) is 7.36. The van der Waals surface area contributed by atoms with E-state index in [0.29, 0.717) is 35.4 Å². The van der Waals surface area contributed by atoms with Crippen LogP contribution in [0.1, 0.15) is 34.8 Å². The Bertz CT molecular complexity index is 1300. The molecule has 33 heavy (non-hydrogen) atoms. The largest absolute Gasteiger partial charge is 0.453 e. The van der Waals surface area contributed by atoms with Gasteiger partial charge in [-0.1, -0.05) is 25.5 Å². The van der Waals surface area contributed by atoms with Crippen LogP contribution >= 0.6 is 0 Å². The third kappa shape index (κ3) is 4.72. The minimum atomic E-state index is -4.51. The van der Waals surface area contributed by atoms with E-state index in [0.717, 1.165) is 6.07 Å². The van der Waals surface area contributed by atoms with Gasteiger partial charge in [-0.05, 0) is 52.7 Å². The number of hydrogen-bond acceptors (Lipinski definition) is 6. The fourth-order valence-corrected chi connectivity index (χ4v) is 3.48. The molecule has 8 nitrogen and oxygen atoms in total. The highest BCUT2D eigenvalue weighted by molar-refractivity contribution is 6.06. The van der Waals surface area contributed by atoms with E-state index >= 15 is 0 Å². The lowest BCUT2D eigenvalue weighted by molar-refractivity contribution is -0.138. The number of carbonyl (C=O) groups is 1. The molecule has 2 heterocycles. The Morgan fingerprint density at radius 3 is 2.73 bits per heavy atom. The van der Waals surface area contributed by atoms with Crippen LogP contribution in [0.25, 0.3) is 22.6 Å². The summed E-state index contributed by atoms with van der Waals surface area (Å²) in [7, 11) is 1.50. The fraction of sp³-hybridized carbons (Fsp3) is 0.273. The van der Waals surface area contributed by atoms with E-state index in [9.17, 15) is 18.0 Å². The van der Waals surface area contributed by atoms with Crippen LogP contribution in [0.15, 0.2) is 46.9 Å². The first-order chi connectivity index (χ1) is 15.8. The lowest BCUT2D eigenvalue weighted by Crippen LogP contribution is -2.14. The second-order valence-electron chi connectivity index (χ2n) is 7.36. The van der Waals surface area contributed by atoms with E-state index < -0.39 is 17.6 Å². The van der Waals surface area contributed by atoms with Gasteiger partial charge in [0, 0.05) is 23.7 Å². The first kappa shape index (κ1) is 22.5. The molecule has 0 spiro atoms. The summed E-state index contributed by atoms with van der Waals surface area (Å²) in [5.74, 6) is 0.173. The summed E-state index contributed by atoms with van der Waals surface area (Å²) in [4.78, 5) is 12.7. The van der Waals surface area contributed by atoms with Crippen molar-refractivity contribution in [3.63, 3.8) is 0 Å². The first-order valence-corrected chi connectivity index (χ1v) is 10.1. The minimum absolute atomic E-state index is 0.0613. The second kappa shape index (κ2) is 9.02. The molecule has 0 bridgehead atoms. The maximum absolute atomic E-state index is 13.4. The maximum Gasteiger partial charge on any atom is 0.416 e. The molecule has 0 aliphatic rings. The molecule has 0 aliphatic heterocycles. The van der Waals surface area contributed by atoms with Gasteiger partial charge in [-0.25, -0.2) is 0 Å². The Labute approximate surface area is 186 Å². The van der Waals surface area contributed by atoms with E-state index in [-0.39, 0.29) is 23.5 Å². The van der Waals surface area contributed by atoms with Gasteiger partial charge in [0.25, 0.3) is 5.91 Å². The van der Waals surface area contributed by atoms with Gasteiger partial charge in [-0.2, -0.15) is 17.9 Å². The number of benzene rings is 2. The highest BCUT2D eigenvalue weighted by Crippen LogP contribution is 2.34. The number of halogens is 3. The maximum atomic E-state index is 13.4. The van der Waals surface area contributed by atoms with Gasteiger partial charge in [0.15, 0.2) is 5.76 Å². The number of tetrazole rings is 1. The number of aromatic nitrogens is 4. The van der Waals surface area contributed by atoms with Crippen LogP contribution < -0.4 is 5.32 Å². The number of amides is 1. The van der Waals surface area contributed by atoms with Crippen LogP contribution in [0, 0.1) is 0 Å². The zero-order valence-electron chi connectivity index (χ0n) is 17.8. The summed E-state index contributed by atoms with van der Waals surface area (Å²) in [5.41, 5.74) is 0.140. The Hall–Kier alpha value is -3.73. The third-order valence-electron chi connectivity index (χ3n) is 4.98. The van der Waals surface area contributed by atoms with Gasteiger partial charge in [-0.15, -0.1) is 5.10 Å². The molecule has 11 heteroatoms. The number of fused-ring (bicyclic) bond motifs is 1. The number of aryl methyl sites for hydroxylation is 1. The van der Waals surface area contributed by atoms with E-state index in [4.69, 9.17) is 9.15 Å². The molecule has 1 amide bonds. The van der Waals surface area contributed by atoms with E-state index in [2.05, 4.69) is 20.8 Å². The van der Waals surface area contributed by atoms with Crippen LogP contribution in [-0.2, 0) is 24.1 Å². The average molecular weight is 459 g/mol. The SMILES string of the molecule is CCCc1ccc(NC(=O)c2ccc3cc(-c4nnnn4COC)oc3c2)cc1C(F)(F)F. The van der Waals surface area contributed by atoms with Gasteiger partial charge < -0.3 is 14.5 Å². The van der Waals surface area contributed by atoms with Crippen LogP contribution in [-0.4, -0.2) is 33.2 Å². The molecule has 0 saturated heterocycles. The predicted molar refractivity (Wildman–Crippen MR) is 113 cm³/mol. The Morgan fingerprint density at radius 1 is 1.18 bits per heavy atom. The molecule has 0 fully saturated rings. The topological polar surface area (TPSA) is 95.1 Å². The minimum Gasteiger partial charge on any atom is -0.453 e. The lowest BCUT2D eigenvalue weighted by atomic mass is 10.0. The van der Waals surface area contributed by atoms with Crippen molar-refractivity contribution in [1.29, 1.82) is 0 Å². The molecule has 0 aliphatic carbocycles. The Morgan fingerprint density at radius 2 is 2.00 bits per heavy atom. The lowest BCUT2D eigenvalue weighted by Gasteiger charge is -2.14. The third-order valence-corrected chi connectivity index (χ3v) is 4.98. The van der Waals surface area contributed by atoms with Crippen LogP contribution in [0.5, 0.6) is 0 Å². The molecule has 0 atom stereocenters. The van der Waals surface area contributed by atoms with Crippen molar-refractivity contribution in [2.75, 3.05) is 12.4 Å². The molecule has 4 rings (SSSR count). The number of nitrogens with zero attached hydrogens (tertiary/aromatic N) is 4. The van der Waals surface area contributed by atoms with Gasteiger partial charge in [0.1, 0.15) is 12.3 Å². The van der Waals surface area contributed by atoms with E-state index in [1.807, 2.05) is 6.92 Å². The smallest absolute Gasteiger partial charge is 0.416 e. The van der Waals surface area contributed by atoms with Crippen LogP contribution in [0.2, 0.25) is 0 Å². The summed E-state index contributed by atoms with van der Waals surface area (Å²) in [6.45, 7) is 1.94. The van der Waals surface area contributed by atoms with Crippen molar-refractivity contribution in [2.45, 2.75) is 32.7 Å². The van der Waals surface area contributed by atoms with Crippen molar-refractivity contribution in [3.05, 3.63) is 59.2 Å². The molecule has 0 saturated carbocycles. The number of ether oxygens (including phenoxy) is 1. The number of methoxy groups -OCH3 is 1. The molecule has 172 valence electrons. The van der Waals surface area contributed by atoms with Gasteiger partial charge in [0.05, 0.1) is 5.56 Å². The van der Waals surface area contributed by atoms with Crippen molar-refractivity contribution < 1.29 is 27.1 Å². The molecule has 1 N–H and O–H groups in total. The Kier molecular flexibility index (Phi) is 6.14. The van der Waals surface area contributed by atoms with Crippen LogP contribution in [0.3, 0.4) is 0 Å². The molecule has 4 aromatic rings. The van der Waals surface area contributed by atoms with Crippen molar-refractivity contribution in [2.24, 2.45) is 0 Å². The average Bonchev–Trinajstić information content (AvgIpc) is 3.40. The summed E-state index contributed by atoms with van der Waals surface area (Å²) < 4.78 is 52.5. The van der Waals surface area contributed by atoms with Crippen molar-refractivity contribution in [1.82, 2.24) is 20.2 Å². The Balaban J connectivity index is 1.59. The number of hydrogen-bond donors (Lipinski definition) is 1. The van der Waals surface area contributed by atoms with E-state index in [1.54, 1.807) is 18.2 Å². The fourth-order valence-electron chi connectivity index (χ4n) is 3.48. The van der Waals surface area contributed by atoms with Crippen molar-refractivity contribution in [3.8, 4) is 11.6 Å². The van der Waals surface area contributed by atoms with Gasteiger partial charge >= 0.3 is 6.18 Å². The molecule has 2 aromatic heterocycles. The normalized spacial score (nSPS) is 11.8. The molecular formula is C22H20F3N5O3. The first-order valence-electron chi connectivity index (χ1n) is 10.1. The zero-order valence-corrected chi connectivity index (χ0v) is 17.8. The molecule has 0 unspecified atom stereocenters. The summed E-state index contributed by atoms with van der Waals surface area (Å²) in [5, 5.41) is 14.6. The number of furan rings is 1. The highest BCUT2D eigenvalue weighted by Gasteiger charge is 2.33. The van der Waals surface area contributed by atoms with Gasteiger partial charge in [-0.3, -0.25) is 4.79 Å². The monoisotopic (exact) mass is 459 g/mol. The zero-order chi connectivity index (χ0) is 23.6. The summed E-state index contributed by atoms with van der Waals surface area (Å²) in [6, 6.07) is 10.3. The quantitative estimate of drug-likeness (QED) is 0.422. The molecular weight excluding hydrogens is 439 g/mol. The summed E-state index contributed by atoms with van der Waals surface area (Å²) >= 11 is 0. The van der Waals surface area contributed by atoms with Gasteiger partial charge in [0.2, 0.25) is 5.82 Å². The molecule has 2 aromatic carbocycles. The predicted octanol–water partition coefficient (Wildman–Crippen LogP) is 4.91. The number of anilines is 1. The number of nitrogens with one attached hydrogen (secondary N) is 1. The van der Waals surface area contributed by atoms with Crippen LogP contribution in [0.4, 0.5) is 18.9 Å². The van der Waals surface area contributed by atoms with E-state index in [1.165, 1.54) is 30.0 Å². The number of rotatable bonds is 7. The summed E-state index contributed by atoms with van der Waals surface area (Å²) in [6.07, 6.45) is -3.63. The van der Waals surface area contributed by atoms with Crippen molar-refractivity contribution >= 4 is 22.6 Å². The number of carbonyl (C=O) groups excluding carboxylic acids is 1.